The van der Waals surface area contributed by atoms with Crippen LogP contribution in [0.3, 0.4) is 0 Å². The van der Waals surface area contributed by atoms with Crippen molar-refractivity contribution in [3.8, 4) is 5.75 Å². The molecule has 0 bridgehead atoms. The summed E-state index contributed by atoms with van der Waals surface area (Å²) in [7, 11) is 0. The molecule has 1 saturated carbocycles. The lowest BCUT2D eigenvalue weighted by Gasteiger charge is -2.22. The van der Waals surface area contributed by atoms with Crippen LogP contribution in [0.2, 0.25) is 0 Å². The third kappa shape index (κ3) is 5.91. The number of benzene rings is 1. The summed E-state index contributed by atoms with van der Waals surface area (Å²) in [5.41, 5.74) is 0.770. The van der Waals surface area contributed by atoms with E-state index < -0.39 is 6.61 Å². The number of halogens is 3. The van der Waals surface area contributed by atoms with E-state index in [1.54, 1.807) is 12.1 Å². The molecule has 1 N–H and O–H groups in total. The quantitative estimate of drug-likeness (QED) is 0.772. The van der Waals surface area contributed by atoms with Gasteiger partial charge in [-0.2, -0.15) is 8.78 Å². The van der Waals surface area contributed by atoms with Gasteiger partial charge in [-0.15, -0.1) is 0 Å². The molecule has 1 aliphatic rings. The monoisotopic (exact) mass is 361 g/mol. The van der Waals surface area contributed by atoms with Crippen LogP contribution in [0.5, 0.6) is 5.75 Å². The van der Waals surface area contributed by atoms with E-state index in [2.05, 4.69) is 26.0 Å². The Morgan fingerprint density at radius 3 is 2.48 bits per heavy atom. The molecule has 1 aliphatic carbocycles. The molecular formula is C16H22BrF2NO. The highest BCUT2D eigenvalue weighted by Crippen LogP contribution is 2.25. The summed E-state index contributed by atoms with van der Waals surface area (Å²) >= 11 is 3.38. The van der Waals surface area contributed by atoms with Crippen LogP contribution in [0, 0.1) is 0 Å². The number of nitrogens with one attached hydrogen (secondary N) is 1. The van der Waals surface area contributed by atoms with Crippen LogP contribution in [-0.4, -0.2) is 12.7 Å². The fraction of sp³-hybridized carbons (Fsp3) is 0.625. The van der Waals surface area contributed by atoms with Crippen molar-refractivity contribution < 1.29 is 13.5 Å². The highest BCUT2D eigenvalue weighted by atomic mass is 79.9. The Kier molecular flexibility index (Phi) is 6.90. The Labute approximate surface area is 133 Å². The van der Waals surface area contributed by atoms with Crippen molar-refractivity contribution in [3.63, 3.8) is 0 Å². The van der Waals surface area contributed by atoms with Crippen LogP contribution < -0.4 is 10.1 Å². The molecule has 0 saturated heterocycles. The van der Waals surface area contributed by atoms with Crippen molar-refractivity contribution in [2.45, 2.75) is 64.1 Å². The van der Waals surface area contributed by atoms with E-state index in [1.807, 2.05) is 6.07 Å². The molecule has 1 fully saturated rings. The smallest absolute Gasteiger partial charge is 0.387 e. The molecule has 0 aliphatic heterocycles. The first kappa shape index (κ1) is 16.7. The summed E-state index contributed by atoms with van der Waals surface area (Å²) in [5.74, 6) is 0.256. The molecule has 2 rings (SSSR count). The normalized spacial score (nSPS) is 17.5. The first-order valence-corrected chi connectivity index (χ1v) is 8.41. The Morgan fingerprint density at radius 1 is 1.14 bits per heavy atom. The molecule has 0 heterocycles. The molecule has 1 aromatic rings. The Balaban J connectivity index is 1.95. The van der Waals surface area contributed by atoms with Crippen LogP contribution >= 0.6 is 15.9 Å². The molecule has 2 nitrogen and oxygen atoms in total. The van der Waals surface area contributed by atoms with E-state index >= 15 is 0 Å². The van der Waals surface area contributed by atoms with Crippen molar-refractivity contribution in [2.75, 3.05) is 0 Å². The Hall–Kier alpha value is -0.680. The highest BCUT2D eigenvalue weighted by molar-refractivity contribution is 9.10. The zero-order valence-corrected chi connectivity index (χ0v) is 13.7. The Bertz CT molecular complexity index is 434. The molecule has 0 spiro atoms. The average molecular weight is 362 g/mol. The summed E-state index contributed by atoms with van der Waals surface area (Å²) in [4.78, 5) is 0. The second kappa shape index (κ2) is 8.69. The van der Waals surface area contributed by atoms with Gasteiger partial charge in [0.05, 0.1) is 0 Å². The van der Waals surface area contributed by atoms with Gasteiger partial charge in [0.15, 0.2) is 0 Å². The molecule has 5 heteroatoms. The molecule has 0 radical (unpaired) electrons. The third-order valence-corrected chi connectivity index (χ3v) is 4.42. The molecule has 0 aromatic heterocycles. The number of ether oxygens (including phenoxy) is 1. The summed E-state index contributed by atoms with van der Waals surface area (Å²) in [6.45, 7) is -2.22. The standard InChI is InChI=1S/C16H22BrF2NO/c17-13-8-9-15(21-16(18)19)12(10-13)11-20-14-6-4-2-1-3-5-7-14/h8-10,14,16,20H,1-7,11H2. The second-order valence-corrected chi connectivity index (χ2v) is 6.47. The summed E-state index contributed by atoms with van der Waals surface area (Å²) in [6.07, 6.45) is 8.76. The highest BCUT2D eigenvalue weighted by Gasteiger charge is 2.14. The van der Waals surface area contributed by atoms with Crippen molar-refractivity contribution in [3.05, 3.63) is 28.2 Å². The maximum absolute atomic E-state index is 12.4. The zero-order chi connectivity index (χ0) is 15.1. The van der Waals surface area contributed by atoms with Crippen LogP contribution in [0.4, 0.5) is 8.78 Å². The minimum Gasteiger partial charge on any atom is -0.434 e. The van der Waals surface area contributed by atoms with Crippen molar-refractivity contribution >= 4 is 15.9 Å². The lowest BCUT2D eigenvalue weighted by molar-refractivity contribution is -0.0505. The molecule has 21 heavy (non-hydrogen) atoms. The van der Waals surface area contributed by atoms with Gasteiger partial charge in [-0.05, 0) is 31.0 Å². The average Bonchev–Trinajstić information content (AvgIpc) is 2.40. The van der Waals surface area contributed by atoms with Gasteiger partial charge in [0, 0.05) is 22.6 Å². The zero-order valence-electron chi connectivity index (χ0n) is 12.1. The van der Waals surface area contributed by atoms with Gasteiger partial charge in [-0.1, -0.05) is 48.0 Å². The van der Waals surface area contributed by atoms with Gasteiger partial charge in [0.25, 0.3) is 0 Å². The van der Waals surface area contributed by atoms with E-state index in [4.69, 9.17) is 0 Å². The largest absolute Gasteiger partial charge is 0.434 e. The fourth-order valence-corrected chi connectivity index (χ4v) is 3.22. The van der Waals surface area contributed by atoms with Crippen molar-refractivity contribution in [1.29, 1.82) is 0 Å². The lowest BCUT2D eigenvalue weighted by Crippen LogP contribution is -2.29. The van der Waals surface area contributed by atoms with E-state index in [1.165, 1.54) is 44.9 Å². The molecule has 0 atom stereocenters. The van der Waals surface area contributed by atoms with E-state index in [0.717, 1.165) is 10.0 Å². The fourth-order valence-electron chi connectivity index (χ4n) is 2.81. The predicted molar refractivity (Wildman–Crippen MR) is 83.7 cm³/mol. The van der Waals surface area contributed by atoms with Crippen LogP contribution in [-0.2, 0) is 6.54 Å². The minimum atomic E-state index is -2.79. The maximum atomic E-state index is 12.4. The first-order valence-electron chi connectivity index (χ1n) is 7.62. The first-order chi connectivity index (χ1) is 10.1. The van der Waals surface area contributed by atoms with Gasteiger partial charge in [0.2, 0.25) is 0 Å². The minimum absolute atomic E-state index is 0.256. The van der Waals surface area contributed by atoms with Crippen molar-refractivity contribution in [1.82, 2.24) is 5.32 Å². The van der Waals surface area contributed by atoms with Gasteiger partial charge in [-0.3, -0.25) is 0 Å². The van der Waals surface area contributed by atoms with Gasteiger partial charge >= 0.3 is 6.61 Å². The number of hydrogen-bond donors (Lipinski definition) is 1. The summed E-state index contributed by atoms with van der Waals surface area (Å²) in [6, 6.07) is 5.62. The molecule has 0 unspecified atom stereocenters. The molecular weight excluding hydrogens is 340 g/mol. The summed E-state index contributed by atoms with van der Waals surface area (Å²) < 4.78 is 30.3. The van der Waals surface area contributed by atoms with Gasteiger partial charge < -0.3 is 10.1 Å². The van der Waals surface area contributed by atoms with E-state index in [9.17, 15) is 8.78 Å². The van der Waals surface area contributed by atoms with E-state index in [-0.39, 0.29) is 5.75 Å². The van der Waals surface area contributed by atoms with E-state index in [0.29, 0.717) is 12.6 Å². The number of alkyl halides is 2. The maximum Gasteiger partial charge on any atom is 0.387 e. The molecule has 1 aromatic carbocycles. The van der Waals surface area contributed by atoms with Gasteiger partial charge in [-0.25, -0.2) is 0 Å². The lowest BCUT2D eigenvalue weighted by atomic mass is 9.96. The van der Waals surface area contributed by atoms with Crippen LogP contribution in [0.1, 0.15) is 50.5 Å². The van der Waals surface area contributed by atoms with Crippen molar-refractivity contribution in [2.24, 2.45) is 0 Å². The molecule has 118 valence electrons. The summed E-state index contributed by atoms with van der Waals surface area (Å²) in [5, 5.41) is 3.50. The third-order valence-electron chi connectivity index (χ3n) is 3.92. The predicted octanol–water partition coefficient (Wildman–Crippen LogP) is 5.25. The number of rotatable bonds is 5. The topological polar surface area (TPSA) is 21.3 Å². The SMILES string of the molecule is FC(F)Oc1ccc(Br)cc1CNC1CCCCCCC1. The Morgan fingerprint density at radius 2 is 1.81 bits per heavy atom. The number of hydrogen-bond acceptors (Lipinski definition) is 2. The van der Waals surface area contributed by atoms with Crippen LogP contribution in [0.15, 0.2) is 22.7 Å². The second-order valence-electron chi connectivity index (χ2n) is 5.55. The van der Waals surface area contributed by atoms with Crippen LogP contribution in [0.25, 0.3) is 0 Å². The molecule has 0 amide bonds. The van der Waals surface area contributed by atoms with Gasteiger partial charge in [0.1, 0.15) is 5.75 Å².